The number of hydrogen-bond acceptors (Lipinski definition) is 4. The molecule has 1 atom stereocenters. The predicted octanol–water partition coefficient (Wildman–Crippen LogP) is 1.86. The highest BCUT2D eigenvalue weighted by molar-refractivity contribution is 5.94. The van der Waals surface area contributed by atoms with E-state index < -0.39 is 11.5 Å². The summed E-state index contributed by atoms with van der Waals surface area (Å²) in [5.74, 6) is 1.21. The van der Waals surface area contributed by atoms with Gasteiger partial charge in [0.1, 0.15) is 6.04 Å². The number of nitrogens with one attached hydrogen (secondary N) is 1. The van der Waals surface area contributed by atoms with Gasteiger partial charge in [0, 0.05) is 13.6 Å². The van der Waals surface area contributed by atoms with Gasteiger partial charge in [0.15, 0.2) is 11.5 Å². The molecule has 6 nitrogen and oxygen atoms in total. The molecule has 136 valence electrons. The number of nitrogens with zero attached hydrogens (tertiary/aromatic N) is 1. The second kappa shape index (κ2) is 6.94. The van der Waals surface area contributed by atoms with Crippen molar-refractivity contribution in [3.63, 3.8) is 0 Å². The molecule has 2 fully saturated rings. The Hall–Kier alpha value is -2.24. The molecule has 1 N–H and O–H groups in total. The van der Waals surface area contributed by atoms with E-state index in [1.54, 1.807) is 26.2 Å². The van der Waals surface area contributed by atoms with Crippen LogP contribution in [0.15, 0.2) is 18.2 Å². The first-order valence-corrected chi connectivity index (χ1v) is 8.80. The fourth-order valence-corrected chi connectivity index (χ4v) is 4.01. The number of benzene rings is 1. The van der Waals surface area contributed by atoms with Crippen molar-refractivity contribution in [3.05, 3.63) is 23.8 Å². The first-order chi connectivity index (χ1) is 12.0. The summed E-state index contributed by atoms with van der Waals surface area (Å²) in [4.78, 5) is 27.0. The number of ether oxygens (including phenoxy) is 2. The molecule has 1 aromatic rings. The van der Waals surface area contributed by atoms with E-state index in [1.807, 2.05) is 18.2 Å². The lowest BCUT2D eigenvalue weighted by molar-refractivity contribution is -0.134. The molecule has 1 heterocycles. The lowest BCUT2D eigenvalue weighted by Crippen LogP contribution is -2.49. The molecule has 1 aliphatic carbocycles. The highest BCUT2D eigenvalue weighted by atomic mass is 16.5. The zero-order valence-corrected chi connectivity index (χ0v) is 15.1. The zero-order chi connectivity index (χ0) is 18.0. The first-order valence-electron chi connectivity index (χ1n) is 8.80. The predicted molar refractivity (Wildman–Crippen MR) is 93.9 cm³/mol. The van der Waals surface area contributed by atoms with Crippen LogP contribution in [0.5, 0.6) is 11.5 Å². The van der Waals surface area contributed by atoms with Crippen LogP contribution in [0.4, 0.5) is 0 Å². The van der Waals surface area contributed by atoms with E-state index >= 15 is 0 Å². The van der Waals surface area contributed by atoms with Gasteiger partial charge >= 0.3 is 0 Å². The number of likely N-dealkylation sites (tertiary alicyclic amines) is 1. The van der Waals surface area contributed by atoms with Crippen LogP contribution in [0.1, 0.15) is 37.7 Å². The van der Waals surface area contributed by atoms with Crippen LogP contribution in [0.2, 0.25) is 0 Å². The molecule has 0 aromatic heterocycles. The molecular weight excluding hydrogens is 320 g/mol. The summed E-state index contributed by atoms with van der Waals surface area (Å²) in [6.07, 6.45) is 4.24. The Morgan fingerprint density at radius 2 is 1.88 bits per heavy atom. The fraction of sp³-hybridized carbons (Fsp3) is 0.579. The minimum Gasteiger partial charge on any atom is -0.493 e. The van der Waals surface area contributed by atoms with Crippen LogP contribution in [0.25, 0.3) is 0 Å². The Balaban J connectivity index is 1.89. The van der Waals surface area contributed by atoms with Gasteiger partial charge in [-0.3, -0.25) is 9.59 Å². The molecule has 25 heavy (non-hydrogen) atoms. The van der Waals surface area contributed by atoms with Crippen LogP contribution < -0.4 is 14.8 Å². The van der Waals surface area contributed by atoms with Crippen LogP contribution in [-0.2, 0) is 15.0 Å². The number of amides is 2. The van der Waals surface area contributed by atoms with E-state index in [-0.39, 0.29) is 11.8 Å². The summed E-state index contributed by atoms with van der Waals surface area (Å²) in [6.45, 7) is 0.688. The lowest BCUT2D eigenvalue weighted by atomic mass is 9.77. The van der Waals surface area contributed by atoms with Gasteiger partial charge in [-0.05, 0) is 37.0 Å². The highest BCUT2D eigenvalue weighted by Crippen LogP contribution is 2.44. The van der Waals surface area contributed by atoms with E-state index in [9.17, 15) is 9.59 Å². The molecule has 1 saturated carbocycles. The van der Waals surface area contributed by atoms with Gasteiger partial charge in [-0.2, -0.15) is 0 Å². The van der Waals surface area contributed by atoms with Gasteiger partial charge < -0.3 is 19.7 Å². The standard InChI is InChI=1S/C19H26N2O4/c1-21-11-8-14(17(21)22)20-18(23)19(9-4-5-10-19)13-6-7-15(24-2)16(12-13)25-3/h6-7,12,14H,4-5,8-11H2,1-3H3,(H,20,23)/t14-/m0/s1. The quantitative estimate of drug-likeness (QED) is 0.884. The van der Waals surface area contributed by atoms with Crippen LogP contribution >= 0.6 is 0 Å². The van der Waals surface area contributed by atoms with Gasteiger partial charge in [-0.25, -0.2) is 0 Å². The summed E-state index contributed by atoms with van der Waals surface area (Å²) in [5, 5.41) is 3.00. The molecule has 1 aromatic carbocycles. The smallest absolute Gasteiger partial charge is 0.244 e. The average Bonchev–Trinajstić information content (AvgIpc) is 3.24. The third-order valence-electron chi connectivity index (χ3n) is 5.56. The van der Waals surface area contributed by atoms with Crippen LogP contribution in [-0.4, -0.2) is 50.6 Å². The first kappa shape index (κ1) is 17.6. The Labute approximate surface area is 148 Å². The van der Waals surface area contributed by atoms with Gasteiger partial charge in [0.05, 0.1) is 19.6 Å². The van der Waals surface area contributed by atoms with Crippen molar-refractivity contribution in [3.8, 4) is 11.5 Å². The molecule has 0 unspecified atom stereocenters. The summed E-state index contributed by atoms with van der Waals surface area (Å²) >= 11 is 0. The lowest BCUT2D eigenvalue weighted by Gasteiger charge is -2.30. The monoisotopic (exact) mass is 346 g/mol. The SMILES string of the molecule is COc1ccc(C2(C(=O)N[C@H]3CCN(C)C3=O)CCCC2)cc1OC. The molecular formula is C19H26N2O4. The van der Waals surface area contributed by atoms with Crippen molar-refractivity contribution in [2.45, 2.75) is 43.6 Å². The second-order valence-electron chi connectivity index (χ2n) is 6.93. The average molecular weight is 346 g/mol. The number of hydrogen-bond donors (Lipinski definition) is 1. The number of carbonyl (C=O) groups excluding carboxylic acids is 2. The Morgan fingerprint density at radius 1 is 1.20 bits per heavy atom. The molecule has 2 amide bonds. The third-order valence-corrected chi connectivity index (χ3v) is 5.56. The number of methoxy groups -OCH3 is 2. The molecule has 0 radical (unpaired) electrons. The largest absolute Gasteiger partial charge is 0.493 e. The molecule has 0 bridgehead atoms. The number of carbonyl (C=O) groups is 2. The molecule has 1 aliphatic heterocycles. The van der Waals surface area contributed by atoms with E-state index in [4.69, 9.17) is 9.47 Å². The van der Waals surface area contributed by atoms with Gasteiger partial charge in [-0.15, -0.1) is 0 Å². The fourth-order valence-electron chi connectivity index (χ4n) is 4.01. The Morgan fingerprint density at radius 3 is 2.44 bits per heavy atom. The van der Waals surface area contributed by atoms with E-state index in [2.05, 4.69) is 5.32 Å². The molecule has 0 spiro atoms. The van der Waals surface area contributed by atoms with Gasteiger partial charge in [0.25, 0.3) is 0 Å². The summed E-state index contributed by atoms with van der Waals surface area (Å²) < 4.78 is 10.7. The van der Waals surface area contributed by atoms with Crippen LogP contribution in [0.3, 0.4) is 0 Å². The third kappa shape index (κ3) is 3.05. The van der Waals surface area contributed by atoms with Gasteiger partial charge in [0.2, 0.25) is 11.8 Å². The maximum Gasteiger partial charge on any atom is 0.244 e. The normalized spacial score (nSPS) is 22.1. The Kier molecular flexibility index (Phi) is 4.88. The minimum absolute atomic E-state index is 0.00573. The summed E-state index contributed by atoms with van der Waals surface area (Å²) in [7, 11) is 4.96. The Bertz CT molecular complexity index is 667. The van der Waals surface area contributed by atoms with Crippen molar-refractivity contribution in [2.24, 2.45) is 0 Å². The summed E-state index contributed by atoms with van der Waals surface area (Å²) in [6, 6.07) is 5.27. The van der Waals surface area contributed by atoms with E-state index in [1.165, 1.54) is 0 Å². The van der Waals surface area contributed by atoms with Crippen molar-refractivity contribution in [2.75, 3.05) is 27.8 Å². The molecule has 1 saturated heterocycles. The van der Waals surface area contributed by atoms with E-state index in [0.29, 0.717) is 24.5 Å². The van der Waals surface area contributed by atoms with Crippen molar-refractivity contribution in [1.29, 1.82) is 0 Å². The molecule has 6 heteroatoms. The maximum absolute atomic E-state index is 13.2. The zero-order valence-electron chi connectivity index (χ0n) is 15.1. The minimum atomic E-state index is -0.596. The second-order valence-corrected chi connectivity index (χ2v) is 6.93. The highest BCUT2D eigenvalue weighted by Gasteiger charge is 2.45. The van der Waals surface area contributed by atoms with E-state index in [0.717, 1.165) is 31.2 Å². The maximum atomic E-state index is 13.2. The molecule has 3 rings (SSSR count). The van der Waals surface area contributed by atoms with Crippen molar-refractivity contribution in [1.82, 2.24) is 10.2 Å². The van der Waals surface area contributed by atoms with Crippen LogP contribution in [0, 0.1) is 0 Å². The topological polar surface area (TPSA) is 67.9 Å². The number of likely N-dealkylation sites (N-methyl/N-ethyl adjacent to an activating group) is 1. The van der Waals surface area contributed by atoms with Crippen molar-refractivity contribution < 1.29 is 19.1 Å². The summed E-state index contributed by atoms with van der Waals surface area (Å²) in [5.41, 5.74) is 0.333. The number of rotatable bonds is 5. The van der Waals surface area contributed by atoms with Crippen molar-refractivity contribution >= 4 is 11.8 Å². The molecule has 2 aliphatic rings. The van der Waals surface area contributed by atoms with Gasteiger partial charge in [-0.1, -0.05) is 18.9 Å².